The van der Waals surface area contributed by atoms with Crippen LogP contribution < -0.4 is 10.4 Å². The Morgan fingerprint density at radius 3 is 1.98 bits per heavy atom. The Hall–Kier alpha value is -1.76. The highest BCUT2D eigenvalue weighted by Gasteiger charge is 2.62. The van der Waals surface area contributed by atoms with Crippen LogP contribution in [0.5, 0.6) is 0 Å². The number of benzene rings is 2. The third-order valence-corrected chi connectivity index (χ3v) is 20.8. The van der Waals surface area contributed by atoms with Gasteiger partial charge in [-0.1, -0.05) is 135 Å². The van der Waals surface area contributed by atoms with Crippen molar-refractivity contribution in [2.75, 3.05) is 0 Å². The van der Waals surface area contributed by atoms with Crippen molar-refractivity contribution in [2.24, 2.45) is 52.3 Å². The molecule has 1 heterocycles. The van der Waals surface area contributed by atoms with E-state index < -0.39 is 14.1 Å². The fourth-order valence-electron chi connectivity index (χ4n) is 12.6. The van der Waals surface area contributed by atoms with Crippen molar-refractivity contribution in [3.63, 3.8) is 0 Å². The maximum Gasteiger partial charge on any atom is 0.261 e. The molecule has 12 atom stereocenters. The van der Waals surface area contributed by atoms with E-state index in [0.717, 1.165) is 25.7 Å². The Bertz CT molecular complexity index is 1540. The molecule has 0 aromatic heterocycles. The molecular weight excluding hydrogens is 657 g/mol. The van der Waals surface area contributed by atoms with Crippen molar-refractivity contribution in [1.82, 2.24) is 0 Å². The van der Waals surface area contributed by atoms with Gasteiger partial charge in [0.2, 0.25) is 0 Å². The minimum absolute atomic E-state index is 0.0393. The van der Waals surface area contributed by atoms with Crippen LogP contribution in [-0.2, 0) is 13.9 Å². The number of hydrogen-bond donors (Lipinski definition) is 1. The Kier molecular flexibility index (Phi) is 10.2. The third-order valence-electron chi connectivity index (χ3n) is 15.8. The number of aliphatic hydroxyl groups is 1. The molecule has 7 rings (SSSR count). The average Bonchev–Trinajstić information content (AvgIpc) is 3.63. The van der Waals surface area contributed by atoms with Gasteiger partial charge >= 0.3 is 0 Å². The van der Waals surface area contributed by atoms with Gasteiger partial charge in [-0.3, -0.25) is 0 Å². The van der Waals surface area contributed by atoms with Gasteiger partial charge in [0.1, 0.15) is 0 Å². The molecule has 286 valence electrons. The van der Waals surface area contributed by atoms with Gasteiger partial charge in [-0.2, -0.15) is 0 Å². The summed E-state index contributed by atoms with van der Waals surface area (Å²) >= 11 is 0. The zero-order valence-electron chi connectivity index (χ0n) is 34.3. The van der Waals surface area contributed by atoms with Crippen molar-refractivity contribution >= 4 is 18.7 Å². The minimum Gasteiger partial charge on any atom is -0.404 e. The maximum atomic E-state index is 12.3. The standard InChI is InChI=1S/C47H70O4Si/c1-30(2)31(3)42-43(50-45(8,9)49-42)32(4)37-22-23-38-41-39(25-27-47(37,38)11)46(10)26-24-34(28-33(46)29-40(41)48)51-52(44(5,6)7,35-18-14-12-15-19-35)36-20-16-13-17-21-36/h12-21,23,30-34,37,39-43,48H,22,24-29H2,1-11H3/t31-,32+,33+,34-,37-,39+,40-,41+,42+,43+,46+,47-/m1/s1. The molecular formula is C47H70O4Si. The molecule has 0 radical (unpaired) electrons. The summed E-state index contributed by atoms with van der Waals surface area (Å²) in [5.41, 5.74) is 1.88. The van der Waals surface area contributed by atoms with E-state index in [9.17, 15) is 5.11 Å². The molecule has 3 saturated carbocycles. The third kappa shape index (κ3) is 6.25. The van der Waals surface area contributed by atoms with Crippen molar-refractivity contribution in [2.45, 2.75) is 156 Å². The van der Waals surface area contributed by atoms with Crippen LogP contribution in [0.4, 0.5) is 0 Å². The average molecular weight is 727 g/mol. The molecule has 4 fully saturated rings. The summed E-state index contributed by atoms with van der Waals surface area (Å²) in [6.07, 6.45) is 10.4. The van der Waals surface area contributed by atoms with Crippen LogP contribution in [-0.4, -0.2) is 43.6 Å². The summed E-state index contributed by atoms with van der Waals surface area (Å²) in [7, 11) is -2.65. The van der Waals surface area contributed by atoms with Crippen LogP contribution in [0.1, 0.15) is 121 Å². The Morgan fingerprint density at radius 2 is 1.40 bits per heavy atom. The van der Waals surface area contributed by atoms with E-state index in [1.54, 1.807) is 5.57 Å². The van der Waals surface area contributed by atoms with E-state index in [-0.39, 0.29) is 46.2 Å². The number of fused-ring (bicyclic) bond motifs is 5. The SMILES string of the molecule is CC(C)[C@@H](C)[C@@H]1OC(C)(C)O[C@H]1[C@@H](C)[C@H]1CC=C2[C@@H]3[C@H](O)C[C@@H]4C[C@H](O[Si](c5ccccc5)(c5ccccc5)C(C)(C)C)CC[C@]4(C)[C@H]3CC[C@@]21C. The maximum absolute atomic E-state index is 12.3. The molecule has 2 aromatic rings. The zero-order chi connectivity index (χ0) is 37.4. The Balaban J connectivity index is 1.12. The summed E-state index contributed by atoms with van der Waals surface area (Å²) in [6.45, 7) is 25.9. The quantitative estimate of drug-likeness (QED) is 0.217. The molecule has 5 aliphatic rings. The topological polar surface area (TPSA) is 47.9 Å². The molecule has 4 aliphatic carbocycles. The van der Waals surface area contributed by atoms with Gasteiger partial charge < -0.3 is 19.0 Å². The van der Waals surface area contributed by atoms with Gasteiger partial charge in [-0.15, -0.1) is 0 Å². The highest BCUT2D eigenvalue weighted by atomic mass is 28.4. The predicted octanol–water partition coefficient (Wildman–Crippen LogP) is 9.93. The highest BCUT2D eigenvalue weighted by molar-refractivity contribution is 6.99. The van der Waals surface area contributed by atoms with Gasteiger partial charge in [-0.05, 0) is 121 Å². The van der Waals surface area contributed by atoms with E-state index in [0.29, 0.717) is 35.5 Å². The predicted molar refractivity (Wildman–Crippen MR) is 216 cm³/mol. The van der Waals surface area contributed by atoms with Crippen molar-refractivity contribution in [3.8, 4) is 0 Å². The molecule has 0 amide bonds. The zero-order valence-corrected chi connectivity index (χ0v) is 35.3. The number of aliphatic hydroxyl groups excluding tert-OH is 1. The number of allylic oxidation sites excluding steroid dienone is 1. The molecule has 0 unspecified atom stereocenters. The van der Waals surface area contributed by atoms with Crippen LogP contribution in [0.2, 0.25) is 5.04 Å². The largest absolute Gasteiger partial charge is 0.404 e. The lowest BCUT2D eigenvalue weighted by atomic mass is 9.45. The molecule has 4 nitrogen and oxygen atoms in total. The first-order valence-electron chi connectivity index (χ1n) is 21.0. The van der Waals surface area contributed by atoms with E-state index >= 15 is 0 Å². The van der Waals surface area contributed by atoms with Crippen LogP contribution >= 0.6 is 0 Å². The molecule has 0 bridgehead atoms. The normalized spacial score (nSPS) is 38.6. The number of hydrogen-bond acceptors (Lipinski definition) is 4. The van der Waals surface area contributed by atoms with E-state index in [2.05, 4.69) is 143 Å². The lowest BCUT2D eigenvalue weighted by Gasteiger charge is -2.62. The van der Waals surface area contributed by atoms with Crippen LogP contribution in [0.15, 0.2) is 72.3 Å². The van der Waals surface area contributed by atoms with Gasteiger partial charge in [0.15, 0.2) is 5.79 Å². The molecule has 2 aromatic carbocycles. The summed E-state index contributed by atoms with van der Waals surface area (Å²) < 4.78 is 21.1. The summed E-state index contributed by atoms with van der Waals surface area (Å²) in [4.78, 5) is 0. The first-order chi connectivity index (χ1) is 24.4. The Morgan fingerprint density at radius 1 is 0.808 bits per heavy atom. The van der Waals surface area contributed by atoms with Crippen molar-refractivity contribution in [3.05, 3.63) is 72.3 Å². The van der Waals surface area contributed by atoms with Crippen LogP contribution in [0.25, 0.3) is 0 Å². The van der Waals surface area contributed by atoms with Gasteiger partial charge in [0.05, 0.1) is 18.3 Å². The number of ether oxygens (including phenoxy) is 2. The number of rotatable bonds is 8. The molecule has 1 saturated heterocycles. The van der Waals surface area contributed by atoms with E-state index in [1.165, 1.54) is 29.6 Å². The monoisotopic (exact) mass is 727 g/mol. The second-order valence-corrected chi connectivity index (χ2v) is 24.6. The smallest absolute Gasteiger partial charge is 0.261 e. The van der Waals surface area contributed by atoms with Crippen molar-refractivity contribution in [1.29, 1.82) is 0 Å². The summed E-state index contributed by atoms with van der Waals surface area (Å²) in [6, 6.07) is 22.2. The second-order valence-electron chi connectivity index (χ2n) is 20.3. The minimum atomic E-state index is -2.65. The van der Waals surface area contributed by atoms with E-state index in [1.807, 2.05) is 0 Å². The van der Waals surface area contributed by atoms with Crippen LogP contribution in [0.3, 0.4) is 0 Å². The first kappa shape index (κ1) is 38.5. The second kappa shape index (κ2) is 13.8. The molecule has 5 heteroatoms. The van der Waals surface area contributed by atoms with Crippen LogP contribution in [0, 0.1) is 52.3 Å². The molecule has 1 aliphatic heterocycles. The fourth-order valence-corrected chi connectivity index (χ4v) is 17.4. The lowest BCUT2D eigenvalue weighted by molar-refractivity contribution is -0.157. The highest BCUT2D eigenvalue weighted by Crippen LogP contribution is 2.67. The van der Waals surface area contributed by atoms with Gasteiger partial charge in [0.25, 0.3) is 8.32 Å². The van der Waals surface area contributed by atoms with E-state index in [4.69, 9.17) is 13.9 Å². The summed E-state index contributed by atoms with van der Waals surface area (Å²) in [5.74, 6) is 2.53. The molecule has 1 N–H and O–H groups in total. The lowest BCUT2D eigenvalue weighted by Crippen LogP contribution is -2.68. The summed E-state index contributed by atoms with van der Waals surface area (Å²) in [5, 5.41) is 15.0. The van der Waals surface area contributed by atoms with Gasteiger partial charge in [0, 0.05) is 12.0 Å². The molecule has 0 spiro atoms. The molecule has 52 heavy (non-hydrogen) atoms. The van der Waals surface area contributed by atoms with Gasteiger partial charge in [-0.25, -0.2) is 0 Å². The fraction of sp³-hybridized carbons (Fsp3) is 0.702. The first-order valence-corrected chi connectivity index (χ1v) is 22.9. The van der Waals surface area contributed by atoms with Crippen molar-refractivity contribution < 1.29 is 19.0 Å². The Labute approximate surface area is 317 Å².